The Hall–Kier alpha value is -2.13. The van der Waals surface area contributed by atoms with Crippen LogP contribution in [0.25, 0.3) is 0 Å². The van der Waals surface area contributed by atoms with Crippen LogP contribution in [0.15, 0.2) is 12.4 Å². The number of anilines is 1. The molecule has 1 N–H and O–H groups in total. The van der Waals surface area contributed by atoms with Crippen molar-refractivity contribution in [3.05, 3.63) is 18.1 Å². The van der Waals surface area contributed by atoms with E-state index in [4.69, 9.17) is 6.42 Å². The standard InChI is InChI=1S/C15H21N5O/c1-3-5-16-15(21)11-19-6-4-7-20(9-8-19)14-10-13(2)17-12-18-14/h1,10,12H,4-9,11H2,2H3,(H,16,21). The Morgan fingerprint density at radius 1 is 1.38 bits per heavy atom. The third kappa shape index (κ3) is 4.72. The summed E-state index contributed by atoms with van der Waals surface area (Å²) in [5.74, 6) is 3.35. The first-order valence-corrected chi connectivity index (χ1v) is 7.15. The molecule has 6 heteroatoms. The van der Waals surface area contributed by atoms with E-state index in [2.05, 4.69) is 31.0 Å². The summed E-state index contributed by atoms with van der Waals surface area (Å²) in [6.07, 6.45) is 7.74. The number of amides is 1. The van der Waals surface area contributed by atoms with Crippen LogP contribution in [0.5, 0.6) is 0 Å². The van der Waals surface area contributed by atoms with E-state index >= 15 is 0 Å². The number of rotatable bonds is 4. The molecule has 1 aliphatic heterocycles. The van der Waals surface area contributed by atoms with Gasteiger partial charge in [0.2, 0.25) is 5.91 Å². The van der Waals surface area contributed by atoms with Gasteiger partial charge in [-0.2, -0.15) is 0 Å². The van der Waals surface area contributed by atoms with Crippen molar-refractivity contribution in [1.82, 2.24) is 20.2 Å². The second-order valence-corrected chi connectivity index (χ2v) is 5.12. The molecular weight excluding hydrogens is 266 g/mol. The first-order chi connectivity index (χ1) is 10.2. The SMILES string of the molecule is C#CCNC(=O)CN1CCCN(c2cc(C)ncn2)CC1. The van der Waals surface area contributed by atoms with Crippen molar-refractivity contribution in [2.75, 3.05) is 44.2 Å². The number of hydrogen-bond acceptors (Lipinski definition) is 5. The summed E-state index contributed by atoms with van der Waals surface area (Å²) in [5, 5.41) is 2.70. The molecule has 21 heavy (non-hydrogen) atoms. The van der Waals surface area contributed by atoms with Crippen molar-refractivity contribution >= 4 is 11.7 Å². The van der Waals surface area contributed by atoms with E-state index in [0.29, 0.717) is 13.1 Å². The van der Waals surface area contributed by atoms with Crippen molar-refractivity contribution in [3.63, 3.8) is 0 Å². The molecule has 0 aromatic carbocycles. The van der Waals surface area contributed by atoms with Crippen LogP contribution in [-0.4, -0.2) is 60.0 Å². The monoisotopic (exact) mass is 287 g/mol. The second-order valence-electron chi connectivity index (χ2n) is 5.12. The van der Waals surface area contributed by atoms with E-state index in [0.717, 1.165) is 44.1 Å². The van der Waals surface area contributed by atoms with Gasteiger partial charge >= 0.3 is 0 Å². The summed E-state index contributed by atoms with van der Waals surface area (Å²) in [6.45, 7) is 6.21. The van der Waals surface area contributed by atoms with Gasteiger partial charge in [0.25, 0.3) is 0 Å². The van der Waals surface area contributed by atoms with Crippen LogP contribution in [0.3, 0.4) is 0 Å². The van der Waals surface area contributed by atoms with E-state index in [-0.39, 0.29) is 5.91 Å². The van der Waals surface area contributed by atoms with Gasteiger partial charge in [0.15, 0.2) is 0 Å². The zero-order valence-electron chi connectivity index (χ0n) is 12.4. The summed E-state index contributed by atoms with van der Waals surface area (Å²) < 4.78 is 0. The summed E-state index contributed by atoms with van der Waals surface area (Å²) >= 11 is 0. The number of nitrogens with one attached hydrogen (secondary N) is 1. The van der Waals surface area contributed by atoms with Gasteiger partial charge in [-0.05, 0) is 13.3 Å². The Balaban J connectivity index is 1.87. The van der Waals surface area contributed by atoms with Crippen LogP contribution < -0.4 is 10.2 Å². The number of carbonyl (C=O) groups excluding carboxylic acids is 1. The third-order valence-corrected chi connectivity index (χ3v) is 3.46. The smallest absolute Gasteiger partial charge is 0.234 e. The van der Waals surface area contributed by atoms with E-state index < -0.39 is 0 Å². The van der Waals surface area contributed by atoms with Crippen molar-refractivity contribution in [2.45, 2.75) is 13.3 Å². The lowest BCUT2D eigenvalue weighted by molar-refractivity contribution is -0.121. The van der Waals surface area contributed by atoms with E-state index in [1.54, 1.807) is 6.33 Å². The van der Waals surface area contributed by atoms with Crippen molar-refractivity contribution in [2.24, 2.45) is 0 Å². The number of aryl methyl sites for hydroxylation is 1. The zero-order valence-corrected chi connectivity index (χ0v) is 12.4. The molecule has 0 unspecified atom stereocenters. The van der Waals surface area contributed by atoms with Crippen LogP contribution in [0.1, 0.15) is 12.1 Å². The fraction of sp³-hybridized carbons (Fsp3) is 0.533. The average molecular weight is 287 g/mol. The Labute approximate surface area is 125 Å². The maximum atomic E-state index is 11.7. The lowest BCUT2D eigenvalue weighted by atomic mass is 10.3. The van der Waals surface area contributed by atoms with E-state index in [1.807, 2.05) is 13.0 Å². The average Bonchev–Trinajstić information content (AvgIpc) is 2.71. The molecular formula is C15H21N5O. The summed E-state index contributed by atoms with van der Waals surface area (Å²) in [7, 11) is 0. The van der Waals surface area contributed by atoms with Gasteiger partial charge in [-0.15, -0.1) is 6.42 Å². The molecule has 1 aromatic heterocycles. The summed E-state index contributed by atoms with van der Waals surface area (Å²) in [6, 6.07) is 2.00. The van der Waals surface area contributed by atoms with Gasteiger partial charge in [-0.25, -0.2) is 9.97 Å². The van der Waals surface area contributed by atoms with Gasteiger partial charge < -0.3 is 10.2 Å². The largest absolute Gasteiger partial charge is 0.355 e. The lowest BCUT2D eigenvalue weighted by Gasteiger charge is -2.22. The molecule has 112 valence electrons. The maximum Gasteiger partial charge on any atom is 0.234 e. The Morgan fingerprint density at radius 2 is 2.24 bits per heavy atom. The number of carbonyl (C=O) groups is 1. The van der Waals surface area contributed by atoms with Crippen LogP contribution >= 0.6 is 0 Å². The number of aromatic nitrogens is 2. The van der Waals surface area contributed by atoms with Gasteiger partial charge in [0.1, 0.15) is 12.1 Å². The summed E-state index contributed by atoms with van der Waals surface area (Å²) in [5.41, 5.74) is 0.967. The van der Waals surface area contributed by atoms with Crippen LogP contribution in [0.4, 0.5) is 5.82 Å². The second kappa shape index (κ2) is 7.60. The minimum atomic E-state index is -0.0146. The van der Waals surface area contributed by atoms with Gasteiger partial charge in [-0.1, -0.05) is 5.92 Å². The highest BCUT2D eigenvalue weighted by Gasteiger charge is 2.17. The molecule has 1 aliphatic rings. The molecule has 0 bridgehead atoms. The van der Waals surface area contributed by atoms with Crippen molar-refractivity contribution < 1.29 is 4.79 Å². The van der Waals surface area contributed by atoms with Crippen LogP contribution in [0, 0.1) is 19.3 Å². The van der Waals surface area contributed by atoms with Crippen LogP contribution in [0.2, 0.25) is 0 Å². The predicted molar refractivity (Wildman–Crippen MR) is 81.9 cm³/mol. The molecule has 1 aromatic rings. The molecule has 0 radical (unpaired) electrons. The van der Waals surface area contributed by atoms with Gasteiger partial charge in [0, 0.05) is 37.9 Å². The minimum Gasteiger partial charge on any atom is -0.355 e. The normalized spacial score (nSPS) is 16.1. The van der Waals surface area contributed by atoms with Gasteiger partial charge in [-0.3, -0.25) is 9.69 Å². The molecule has 2 heterocycles. The fourth-order valence-electron chi connectivity index (χ4n) is 2.38. The highest BCUT2D eigenvalue weighted by Crippen LogP contribution is 2.13. The first-order valence-electron chi connectivity index (χ1n) is 7.15. The van der Waals surface area contributed by atoms with E-state index in [1.165, 1.54) is 0 Å². The molecule has 1 fully saturated rings. The zero-order chi connectivity index (χ0) is 15.1. The molecule has 0 atom stereocenters. The lowest BCUT2D eigenvalue weighted by Crippen LogP contribution is -2.39. The van der Waals surface area contributed by atoms with Crippen molar-refractivity contribution in [1.29, 1.82) is 0 Å². The minimum absolute atomic E-state index is 0.0146. The highest BCUT2D eigenvalue weighted by molar-refractivity contribution is 5.78. The molecule has 0 aliphatic carbocycles. The third-order valence-electron chi connectivity index (χ3n) is 3.46. The number of hydrogen-bond donors (Lipinski definition) is 1. The Bertz CT molecular complexity index is 525. The number of nitrogens with zero attached hydrogens (tertiary/aromatic N) is 4. The maximum absolute atomic E-state index is 11.7. The highest BCUT2D eigenvalue weighted by atomic mass is 16.2. The molecule has 6 nitrogen and oxygen atoms in total. The van der Waals surface area contributed by atoms with Crippen LogP contribution in [-0.2, 0) is 4.79 Å². The van der Waals surface area contributed by atoms with E-state index in [9.17, 15) is 4.79 Å². The summed E-state index contributed by atoms with van der Waals surface area (Å²) in [4.78, 5) is 24.5. The predicted octanol–water partition coefficient (Wildman–Crippen LogP) is 0.0465. The Kier molecular flexibility index (Phi) is 5.52. The fourth-order valence-corrected chi connectivity index (χ4v) is 2.38. The molecule has 2 rings (SSSR count). The molecule has 0 spiro atoms. The molecule has 1 amide bonds. The van der Waals surface area contributed by atoms with Crippen molar-refractivity contribution in [3.8, 4) is 12.3 Å². The Morgan fingerprint density at radius 3 is 3.00 bits per heavy atom. The molecule has 0 saturated carbocycles. The first kappa shape index (κ1) is 15.3. The molecule has 1 saturated heterocycles. The van der Waals surface area contributed by atoms with Gasteiger partial charge in [0.05, 0.1) is 13.1 Å². The quantitative estimate of drug-likeness (QED) is 0.793. The number of terminal acetylenes is 1. The topological polar surface area (TPSA) is 61.4 Å².